The number of carbonyl (C=O) groups excluding carboxylic acids is 2. The Morgan fingerprint density at radius 3 is 1.48 bits per heavy atom. The molecule has 0 bridgehead atoms. The van der Waals surface area contributed by atoms with Gasteiger partial charge in [-0.25, -0.2) is 14.4 Å². The van der Waals surface area contributed by atoms with Gasteiger partial charge in [0.05, 0.1) is 18.6 Å². The Kier molecular flexibility index (Phi) is 11.2. The maximum Gasteiger partial charge on any atom is 0.333 e. The minimum atomic E-state index is -1.54. The molecule has 2 atom stereocenters. The number of esters is 2. The van der Waals surface area contributed by atoms with Gasteiger partial charge in [-0.2, -0.15) is 0 Å². The Balaban J connectivity index is 5.38. The van der Waals surface area contributed by atoms with Gasteiger partial charge in [0.1, 0.15) is 13.2 Å². The van der Waals surface area contributed by atoms with Crippen molar-refractivity contribution in [3.05, 3.63) is 35.5 Å². The number of ether oxygens (including phenoxy) is 2. The molecule has 0 rings (SSSR count). The van der Waals surface area contributed by atoms with Crippen LogP contribution in [0.15, 0.2) is 35.5 Å². The predicted octanol–water partition coefficient (Wildman–Crippen LogP) is 0.583. The fraction of sp³-hybridized carbons (Fsp3) is 0.474. The fourth-order valence-electron chi connectivity index (χ4n) is 2.11. The summed E-state index contributed by atoms with van der Waals surface area (Å²) in [6.45, 7) is 8.57. The van der Waals surface area contributed by atoms with Crippen molar-refractivity contribution in [3.63, 3.8) is 0 Å². The van der Waals surface area contributed by atoms with Crippen LogP contribution < -0.4 is 0 Å². The zero-order chi connectivity index (χ0) is 22.7. The third-order valence-electron chi connectivity index (χ3n) is 3.49. The van der Waals surface area contributed by atoms with Crippen molar-refractivity contribution < 1.29 is 49.1 Å². The lowest BCUT2D eigenvalue weighted by Crippen LogP contribution is -2.25. The monoisotopic (exact) mass is 414 g/mol. The Morgan fingerprint density at radius 1 is 0.828 bits per heavy atom. The molecular formula is C19H26O10. The van der Waals surface area contributed by atoms with Crippen molar-refractivity contribution in [1.29, 1.82) is 0 Å². The lowest BCUT2D eigenvalue weighted by Gasteiger charge is -2.19. The Hall–Kier alpha value is -2.98. The molecule has 162 valence electrons. The van der Waals surface area contributed by atoms with Crippen LogP contribution in [0.4, 0.5) is 0 Å². The summed E-state index contributed by atoms with van der Waals surface area (Å²) in [6, 6.07) is 0. The normalized spacial score (nSPS) is 12.3. The van der Waals surface area contributed by atoms with Crippen LogP contribution in [0.2, 0.25) is 0 Å². The number of aliphatic hydroxyl groups is 2. The van der Waals surface area contributed by atoms with Crippen LogP contribution in [-0.4, -0.2) is 69.7 Å². The fourth-order valence-corrected chi connectivity index (χ4v) is 2.11. The van der Waals surface area contributed by atoms with Crippen LogP contribution in [0, 0.1) is 0 Å². The van der Waals surface area contributed by atoms with Crippen LogP contribution in [0.25, 0.3) is 0 Å². The predicted molar refractivity (Wildman–Crippen MR) is 99.7 cm³/mol. The van der Waals surface area contributed by atoms with E-state index >= 15 is 0 Å². The van der Waals surface area contributed by atoms with Crippen LogP contribution in [-0.2, 0) is 28.7 Å². The SMILES string of the molecule is C=C(C)C(=O)OCC(O)CC(CC(O)COC(=O)C(=C)C)=C(CC(=O)O)C(=O)O. The summed E-state index contributed by atoms with van der Waals surface area (Å²) in [4.78, 5) is 45.2. The summed E-state index contributed by atoms with van der Waals surface area (Å²) in [6.07, 6.45) is -4.35. The smallest absolute Gasteiger partial charge is 0.333 e. The number of rotatable bonds is 13. The van der Waals surface area contributed by atoms with E-state index in [0.717, 1.165) is 0 Å². The van der Waals surface area contributed by atoms with E-state index in [4.69, 9.17) is 14.6 Å². The first kappa shape index (κ1) is 26.0. The quantitative estimate of drug-likeness (QED) is 0.247. The van der Waals surface area contributed by atoms with Crippen molar-refractivity contribution in [3.8, 4) is 0 Å². The largest absolute Gasteiger partial charge is 0.481 e. The Bertz CT molecular complexity index is 664. The Morgan fingerprint density at radius 2 is 1.21 bits per heavy atom. The molecule has 0 aromatic rings. The number of carboxylic acid groups (broad SMARTS) is 2. The van der Waals surface area contributed by atoms with Gasteiger partial charge in [0.15, 0.2) is 0 Å². The van der Waals surface area contributed by atoms with Crippen LogP contribution in [0.3, 0.4) is 0 Å². The van der Waals surface area contributed by atoms with Gasteiger partial charge in [0, 0.05) is 16.7 Å². The average molecular weight is 414 g/mol. The number of aliphatic carboxylic acids is 2. The number of carbonyl (C=O) groups is 4. The van der Waals surface area contributed by atoms with Gasteiger partial charge in [-0.3, -0.25) is 4.79 Å². The number of aliphatic hydroxyl groups excluding tert-OH is 2. The van der Waals surface area contributed by atoms with E-state index in [1.807, 2.05) is 0 Å². The van der Waals surface area contributed by atoms with Crippen LogP contribution in [0.5, 0.6) is 0 Å². The van der Waals surface area contributed by atoms with Gasteiger partial charge < -0.3 is 29.9 Å². The molecule has 4 N–H and O–H groups in total. The molecule has 0 saturated heterocycles. The second kappa shape index (κ2) is 12.5. The topological polar surface area (TPSA) is 168 Å². The van der Waals surface area contributed by atoms with Crippen molar-refractivity contribution in [1.82, 2.24) is 0 Å². The minimum Gasteiger partial charge on any atom is -0.481 e. The maximum atomic E-state index is 11.5. The highest BCUT2D eigenvalue weighted by Gasteiger charge is 2.23. The highest BCUT2D eigenvalue weighted by atomic mass is 16.5. The zero-order valence-electron chi connectivity index (χ0n) is 16.3. The molecule has 2 unspecified atom stereocenters. The first-order valence-electron chi connectivity index (χ1n) is 8.52. The summed E-state index contributed by atoms with van der Waals surface area (Å²) in [5.41, 5.74) is -0.426. The molecule has 10 nitrogen and oxygen atoms in total. The highest BCUT2D eigenvalue weighted by Crippen LogP contribution is 2.21. The van der Waals surface area contributed by atoms with E-state index in [1.54, 1.807) is 0 Å². The number of hydrogen-bond donors (Lipinski definition) is 4. The second-order valence-corrected chi connectivity index (χ2v) is 6.43. The lowest BCUT2D eigenvalue weighted by molar-refractivity contribution is -0.142. The molecule has 0 aliphatic heterocycles. The van der Waals surface area contributed by atoms with E-state index in [0.29, 0.717) is 0 Å². The molecule has 29 heavy (non-hydrogen) atoms. The van der Waals surface area contributed by atoms with E-state index < -0.39 is 61.3 Å². The first-order valence-corrected chi connectivity index (χ1v) is 8.52. The van der Waals surface area contributed by atoms with Crippen molar-refractivity contribution in [2.45, 2.75) is 45.3 Å². The zero-order valence-corrected chi connectivity index (χ0v) is 16.3. The van der Waals surface area contributed by atoms with Crippen LogP contribution in [0.1, 0.15) is 33.1 Å². The lowest BCUT2D eigenvalue weighted by atomic mass is 9.94. The minimum absolute atomic E-state index is 0.0855. The third kappa shape index (κ3) is 10.8. The summed E-state index contributed by atoms with van der Waals surface area (Å²) in [5, 5.41) is 38.4. The maximum absolute atomic E-state index is 11.5. The standard InChI is InChI=1S/C19H26O10/c1-10(2)18(26)28-8-13(20)5-12(15(17(24)25)7-16(22)23)6-14(21)9-29-19(27)11(3)4/h13-14,20-21H,1,3,5-9H2,2,4H3,(H,22,23)(H,24,25). The van der Waals surface area contributed by atoms with E-state index in [2.05, 4.69) is 13.2 Å². The van der Waals surface area contributed by atoms with Gasteiger partial charge in [0.2, 0.25) is 0 Å². The first-order chi connectivity index (χ1) is 13.3. The van der Waals surface area contributed by atoms with Gasteiger partial charge in [-0.15, -0.1) is 0 Å². The molecule has 0 aliphatic carbocycles. The van der Waals surface area contributed by atoms with Crippen molar-refractivity contribution in [2.24, 2.45) is 0 Å². The molecule has 0 spiro atoms. The van der Waals surface area contributed by atoms with E-state index in [1.165, 1.54) is 13.8 Å². The highest BCUT2D eigenvalue weighted by molar-refractivity contribution is 5.93. The molecule has 0 radical (unpaired) electrons. The molecule has 0 aromatic heterocycles. The molecular weight excluding hydrogens is 388 g/mol. The van der Waals surface area contributed by atoms with Gasteiger partial charge >= 0.3 is 23.9 Å². The summed E-state index contributed by atoms with van der Waals surface area (Å²) < 4.78 is 9.56. The Labute approximate surface area is 167 Å². The number of carboxylic acids is 2. The third-order valence-corrected chi connectivity index (χ3v) is 3.49. The average Bonchev–Trinajstić information content (AvgIpc) is 2.60. The van der Waals surface area contributed by atoms with Gasteiger partial charge in [-0.1, -0.05) is 18.7 Å². The summed E-state index contributed by atoms with van der Waals surface area (Å²) >= 11 is 0. The van der Waals surface area contributed by atoms with Crippen molar-refractivity contribution in [2.75, 3.05) is 13.2 Å². The molecule has 0 heterocycles. The molecule has 0 fully saturated rings. The van der Waals surface area contributed by atoms with E-state index in [9.17, 15) is 34.5 Å². The summed E-state index contributed by atoms with van der Waals surface area (Å²) in [5.74, 6) is -4.48. The molecule has 10 heteroatoms. The second-order valence-electron chi connectivity index (χ2n) is 6.43. The van der Waals surface area contributed by atoms with Crippen molar-refractivity contribution >= 4 is 23.9 Å². The van der Waals surface area contributed by atoms with Gasteiger partial charge in [0.25, 0.3) is 0 Å². The van der Waals surface area contributed by atoms with Crippen LogP contribution >= 0.6 is 0 Å². The number of hydrogen-bond acceptors (Lipinski definition) is 8. The molecule has 0 saturated carbocycles. The molecule has 0 aliphatic rings. The molecule has 0 amide bonds. The van der Waals surface area contributed by atoms with E-state index in [-0.39, 0.29) is 29.6 Å². The molecule has 0 aromatic carbocycles. The summed E-state index contributed by atoms with van der Waals surface area (Å²) in [7, 11) is 0. The van der Waals surface area contributed by atoms with Gasteiger partial charge in [-0.05, 0) is 26.7 Å².